The van der Waals surface area contributed by atoms with Crippen LogP contribution in [0.2, 0.25) is 0 Å². The van der Waals surface area contributed by atoms with Gasteiger partial charge in [-0.25, -0.2) is 4.99 Å². The maximum absolute atomic E-state index is 13.3. The second-order valence-electron chi connectivity index (χ2n) is 7.65. The molecule has 0 unspecified atom stereocenters. The van der Waals surface area contributed by atoms with E-state index in [0.717, 1.165) is 10.6 Å². The molecule has 35 heavy (non-hydrogen) atoms. The lowest BCUT2D eigenvalue weighted by molar-refractivity contribution is -0.124. The topological polar surface area (TPSA) is 100 Å². The monoisotopic (exact) mass is 468 g/mol. The Morgan fingerprint density at radius 1 is 1.00 bits per heavy atom. The molecule has 8 nitrogen and oxygen atoms in total. The summed E-state index contributed by atoms with van der Waals surface area (Å²) in [5.74, 6) is -0.677. The van der Waals surface area contributed by atoms with Crippen LogP contribution in [0.25, 0.3) is 6.08 Å². The van der Waals surface area contributed by atoms with Crippen LogP contribution in [0.4, 0.5) is 5.69 Å². The standard InChI is InChI=1S/C27H24N4O4/c1-3-35-24-17-21(28-18(2)32)14-15-22(24)26(33)30-31-25(20-12-8-5-9-13-20)29-23(27(31)34)16-19-10-6-4-7-11-19/h4-17H,3H2,1-2H3,(H,28,32)(H,30,33)/b23-16-. The molecule has 0 bridgehead atoms. The fourth-order valence-corrected chi connectivity index (χ4v) is 3.54. The molecule has 0 aromatic heterocycles. The predicted octanol–water partition coefficient (Wildman–Crippen LogP) is 4.02. The van der Waals surface area contributed by atoms with Gasteiger partial charge in [-0.3, -0.25) is 19.8 Å². The number of hydrazine groups is 1. The number of amidine groups is 1. The van der Waals surface area contributed by atoms with Crippen LogP contribution in [0.3, 0.4) is 0 Å². The Morgan fingerprint density at radius 3 is 2.34 bits per heavy atom. The number of anilines is 1. The van der Waals surface area contributed by atoms with E-state index >= 15 is 0 Å². The number of benzene rings is 3. The lowest BCUT2D eigenvalue weighted by Crippen LogP contribution is -2.47. The fraction of sp³-hybridized carbons (Fsp3) is 0.111. The zero-order chi connectivity index (χ0) is 24.8. The zero-order valence-corrected chi connectivity index (χ0v) is 19.3. The van der Waals surface area contributed by atoms with Crippen molar-refractivity contribution in [2.45, 2.75) is 13.8 Å². The van der Waals surface area contributed by atoms with E-state index in [4.69, 9.17) is 4.74 Å². The molecule has 8 heteroatoms. The molecule has 0 saturated carbocycles. The minimum absolute atomic E-state index is 0.196. The van der Waals surface area contributed by atoms with Crippen LogP contribution in [0, 0.1) is 0 Å². The van der Waals surface area contributed by atoms with Crippen molar-refractivity contribution in [3.63, 3.8) is 0 Å². The number of nitrogens with one attached hydrogen (secondary N) is 2. The normalized spacial score (nSPS) is 14.0. The van der Waals surface area contributed by atoms with Gasteiger partial charge >= 0.3 is 0 Å². The Morgan fingerprint density at radius 2 is 1.69 bits per heavy atom. The van der Waals surface area contributed by atoms with Crippen molar-refractivity contribution in [3.05, 3.63) is 101 Å². The highest BCUT2D eigenvalue weighted by atomic mass is 16.5. The van der Waals surface area contributed by atoms with E-state index in [-0.39, 0.29) is 22.9 Å². The van der Waals surface area contributed by atoms with Crippen LogP contribution < -0.4 is 15.5 Å². The summed E-state index contributed by atoms with van der Waals surface area (Å²) in [6.07, 6.45) is 1.67. The largest absolute Gasteiger partial charge is 0.493 e. The van der Waals surface area contributed by atoms with Gasteiger partial charge < -0.3 is 10.1 Å². The number of hydrogen-bond donors (Lipinski definition) is 2. The minimum atomic E-state index is -0.555. The third-order valence-corrected chi connectivity index (χ3v) is 5.06. The first-order chi connectivity index (χ1) is 17.0. The summed E-state index contributed by atoms with van der Waals surface area (Å²) in [5, 5.41) is 3.81. The SMILES string of the molecule is CCOc1cc(NC(C)=O)ccc1C(=O)NN1C(=O)/C(=C/c2ccccc2)N=C1c1ccccc1. The number of ether oxygens (including phenoxy) is 1. The van der Waals surface area contributed by atoms with Gasteiger partial charge in [0, 0.05) is 24.2 Å². The van der Waals surface area contributed by atoms with Crippen LogP contribution in [-0.2, 0) is 9.59 Å². The Kier molecular flexibility index (Phi) is 7.02. The number of amides is 3. The molecule has 0 saturated heterocycles. The highest BCUT2D eigenvalue weighted by molar-refractivity contribution is 6.20. The lowest BCUT2D eigenvalue weighted by Gasteiger charge is -2.20. The second-order valence-corrected chi connectivity index (χ2v) is 7.65. The van der Waals surface area contributed by atoms with Crippen LogP contribution in [-0.4, -0.2) is 35.2 Å². The minimum Gasteiger partial charge on any atom is -0.493 e. The first kappa shape index (κ1) is 23.4. The summed E-state index contributed by atoms with van der Waals surface area (Å²) in [4.78, 5) is 42.5. The van der Waals surface area contributed by atoms with Gasteiger partial charge in [0.15, 0.2) is 5.84 Å². The Bertz CT molecular complexity index is 1320. The smallest absolute Gasteiger partial charge is 0.297 e. The maximum Gasteiger partial charge on any atom is 0.297 e. The summed E-state index contributed by atoms with van der Waals surface area (Å²) >= 11 is 0. The molecule has 0 atom stereocenters. The number of rotatable bonds is 7. The Balaban J connectivity index is 1.67. The van der Waals surface area contributed by atoms with E-state index in [9.17, 15) is 14.4 Å². The van der Waals surface area contributed by atoms with Gasteiger partial charge in [-0.1, -0.05) is 60.7 Å². The van der Waals surface area contributed by atoms with Gasteiger partial charge in [0.1, 0.15) is 11.4 Å². The summed E-state index contributed by atoms with van der Waals surface area (Å²) in [6.45, 7) is 3.50. The van der Waals surface area contributed by atoms with E-state index in [1.165, 1.54) is 13.0 Å². The lowest BCUT2D eigenvalue weighted by atomic mass is 10.1. The van der Waals surface area contributed by atoms with E-state index in [0.29, 0.717) is 23.7 Å². The summed E-state index contributed by atoms with van der Waals surface area (Å²) in [5.41, 5.74) is 5.06. The van der Waals surface area contributed by atoms with Gasteiger partial charge in [-0.2, -0.15) is 5.01 Å². The Labute approximate surface area is 202 Å². The summed E-state index contributed by atoms with van der Waals surface area (Å²) in [6, 6.07) is 23.2. The molecule has 176 valence electrons. The molecule has 2 N–H and O–H groups in total. The predicted molar refractivity (Wildman–Crippen MR) is 134 cm³/mol. The van der Waals surface area contributed by atoms with Gasteiger partial charge in [0.2, 0.25) is 5.91 Å². The van der Waals surface area contributed by atoms with Crippen LogP contribution >= 0.6 is 0 Å². The molecular formula is C27H24N4O4. The van der Waals surface area contributed by atoms with E-state index in [2.05, 4.69) is 15.7 Å². The van der Waals surface area contributed by atoms with Gasteiger partial charge in [0.05, 0.1) is 12.2 Å². The molecule has 1 aliphatic rings. The van der Waals surface area contributed by atoms with Crippen LogP contribution in [0.5, 0.6) is 5.75 Å². The number of carbonyl (C=O) groups excluding carboxylic acids is 3. The van der Waals surface area contributed by atoms with Crippen molar-refractivity contribution in [2.75, 3.05) is 11.9 Å². The molecule has 1 heterocycles. The van der Waals surface area contributed by atoms with Crippen molar-refractivity contribution in [1.82, 2.24) is 10.4 Å². The third-order valence-electron chi connectivity index (χ3n) is 5.06. The van der Waals surface area contributed by atoms with Crippen molar-refractivity contribution in [2.24, 2.45) is 4.99 Å². The molecule has 3 aromatic carbocycles. The van der Waals surface area contributed by atoms with Gasteiger partial charge in [-0.05, 0) is 30.7 Å². The molecule has 4 rings (SSSR count). The molecule has 0 aliphatic carbocycles. The molecule has 3 aromatic rings. The van der Waals surface area contributed by atoms with E-state index < -0.39 is 11.8 Å². The average Bonchev–Trinajstić information content (AvgIpc) is 3.15. The number of hydrogen-bond acceptors (Lipinski definition) is 5. The first-order valence-corrected chi connectivity index (χ1v) is 11.1. The molecule has 3 amide bonds. The highest BCUT2D eigenvalue weighted by Gasteiger charge is 2.33. The number of nitrogens with zero attached hydrogens (tertiary/aromatic N) is 2. The van der Waals surface area contributed by atoms with Crippen molar-refractivity contribution in [1.29, 1.82) is 0 Å². The number of aliphatic imine (C=N–C) groups is 1. The molecule has 0 spiro atoms. The van der Waals surface area contributed by atoms with E-state index in [1.807, 2.05) is 60.7 Å². The average molecular weight is 469 g/mol. The summed E-state index contributed by atoms with van der Waals surface area (Å²) in [7, 11) is 0. The fourth-order valence-electron chi connectivity index (χ4n) is 3.54. The second kappa shape index (κ2) is 10.5. The van der Waals surface area contributed by atoms with Crippen LogP contribution in [0.1, 0.15) is 35.3 Å². The quantitative estimate of drug-likeness (QED) is 0.512. The number of carbonyl (C=O) groups is 3. The summed E-state index contributed by atoms with van der Waals surface area (Å²) < 4.78 is 5.63. The third kappa shape index (κ3) is 5.44. The van der Waals surface area contributed by atoms with Crippen molar-refractivity contribution >= 4 is 35.3 Å². The Hall–Kier alpha value is -4.72. The van der Waals surface area contributed by atoms with Crippen molar-refractivity contribution < 1.29 is 19.1 Å². The first-order valence-electron chi connectivity index (χ1n) is 11.1. The molecule has 0 radical (unpaired) electrons. The maximum atomic E-state index is 13.3. The van der Waals surface area contributed by atoms with E-state index in [1.54, 1.807) is 25.1 Å². The van der Waals surface area contributed by atoms with Gasteiger partial charge in [-0.15, -0.1) is 0 Å². The molecule has 1 aliphatic heterocycles. The molecular weight excluding hydrogens is 444 g/mol. The zero-order valence-electron chi connectivity index (χ0n) is 19.3. The van der Waals surface area contributed by atoms with Gasteiger partial charge in [0.25, 0.3) is 11.8 Å². The van der Waals surface area contributed by atoms with Crippen LogP contribution in [0.15, 0.2) is 89.6 Å². The molecule has 0 fully saturated rings. The van der Waals surface area contributed by atoms with Crippen molar-refractivity contribution in [3.8, 4) is 5.75 Å². The highest BCUT2D eigenvalue weighted by Crippen LogP contribution is 2.25.